The van der Waals surface area contributed by atoms with Crippen molar-refractivity contribution in [2.75, 3.05) is 11.9 Å². The largest absolute Gasteiger partial charge is 0.507 e. The molecule has 0 aliphatic rings. The highest BCUT2D eigenvalue weighted by atomic mass is 127. The quantitative estimate of drug-likeness (QED) is 0.425. The highest BCUT2D eigenvalue weighted by Gasteiger charge is 2.10. The third-order valence-electron chi connectivity index (χ3n) is 3.07. The van der Waals surface area contributed by atoms with E-state index < -0.39 is 5.91 Å². The number of nitrogens with zero attached hydrogens (tertiary/aromatic N) is 1. The maximum absolute atomic E-state index is 12.2. The molecular weight excluding hydrogens is 419 g/mol. The normalized spacial score (nSPS) is 10.8. The summed E-state index contributed by atoms with van der Waals surface area (Å²) < 4.78 is 5.98. The first-order chi connectivity index (χ1) is 11.5. The van der Waals surface area contributed by atoms with Gasteiger partial charge in [-0.1, -0.05) is 6.07 Å². The topological polar surface area (TPSA) is 82.3 Å². The molecule has 0 aliphatic carbocycles. The Labute approximate surface area is 153 Å². The Hall–Kier alpha value is -2.53. The van der Waals surface area contributed by atoms with Crippen LogP contribution >= 0.6 is 22.6 Å². The molecule has 0 unspecified atom stereocenters. The van der Waals surface area contributed by atoms with Crippen LogP contribution in [0.1, 0.15) is 12.5 Å². The van der Waals surface area contributed by atoms with E-state index in [4.69, 9.17) is 4.74 Å². The van der Waals surface area contributed by atoms with Crippen molar-refractivity contribution in [3.05, 3.63) is 57.2 Å². The average molecular weight is 434 g/mol. The Morgan fingerprint density at radius 2 is 2.04 bits per heavy atom. The summed E-state index contributed by atoms with van der Waals surface area (Å²) in [7, 11) is 0. The van der Waals surface area contributed by atoms with E-state index in [0.717, 1.165) is 0 Å². The van der Waals surface area contributed by atoms with Crippen LogP contribution in [0.2, 0.25) is 0 Å². The number of nitrogens with one attached hydrogen (secondary N) is 1. The lowest BCUT2D eigenvalue weighted by Crippen LogP contribution is -2.13. The molecule has 6 heteroatoms. The molecule has 0 radical (unpaired) electrons. The summed E-state index contributed by atoms with van der Waals surface area (Å²) in [5.41, 5.74) is 1.21. The summed E-state index contributed by atoms with van der Waals surface area (Å²) in [5.74, 6) is 0.375. The van der Waals surface area contributed by atoms with Gasteiger partial charge in [-0.15, -0.1) is 0 Å². The highest BCUT2D eigenvalue weighted by molar-refractivity contribution is 14.1. The molecule has 0 saturated heterocycles. The van der Waals surface area contributed by atoms with E-state index in [1.54, 1.807) is 36.4 Å². The summed E-state index contributed by atoms with van der Waals surface area (Å²) in [6.45, 7) is 2.46. The SMILES string of the molecule is CCOc1ccc(NC(=O)/C(C#N)=C/c2ccc(O)c(I)c2)cc1. The second-order valence-electron chi connectivity index (χ2n) is 4.79. The van der Waals surface area contributed by atoms with Crippen LogP contribution in [-0.4, -0.2) is 17.6 Å². The van der Waals surface area contributed by atoms with Crippen molar-refractivity contribution >= 4 is 40.3 Å². The van der Waals surface area contributed by atoms with Crippen LogP contribution in [0.15, 0.2) is 48.0 Å². The van der Waals surface area contributed by atoms with Crippen molar-refractivity contribution in [2.45, 2.75) is 6.92 Å². The molecule has 5 nitrogen and oxygen atoms in total. The number of phenolic OH excluding ortho intramolecular Hbond substituents is 1. The van der Waals surface area contributed by atoms with Gasteiger partial charge in [0.05, 0.1) is 10.2 Å². The molecule has 0 aromatic heterocycles. The van der Waals surface area contributed by atoms with Gasteiger partial charge in [-0.2, -0.15) is 5.26 Å². The van der Waals surface area contributed by atoms with Crippen molar-refractivity contribution in [3.63, 3.8) is 0 Å². The molecule has 122 valence electrons. The summed E-state index contributed by atoms with van der Waals surface area (Å²) >= 11 is 1.98. The van der Waals surface area contributed by atoms with Gasteiger partial charge in [0.2, 0.25) is 0 Å². The number of amides is 1. The minimum absolute atomic E-state index is 0.0228. The molecule has 0 spiro atoms. The third kappa shape index (κ3) is 4.73. The van der Waals surface area contributed by atoms with Crippen molar-refractivity contribution in [3.8, 4) is 17.6 Å². The Morgan fingerprint density at radius 1 is 1.33 bits per heavy atom. The first-order valence-electron chi connectivity index (χ1n) is 7.18. The lowest BCUT2D eigenvalue weighted by Gasteiger charge is -2.07. The zero-order valence-electron chi connectivity index (χ0n) is 12.9. The Kier molecular flexibility index (Phi) is 6.21. The number of rotatable bonds is 5. The van der Waals surface area contributed by atoms with Gasteiger partial charge in [0.1, 0.15) is 23.1 Å². The number of halogens is 1. The van der Waals surface area contributed by atoms with E-state index in [-0.39, 0.29) is 11.3 Å². The van der Waals surface area contributed by atoms with Crippen molar-refractivity contribution < 1.29 is 14.6 Å². The van der Waals surface area contributed by atoms with Gasteiger partial charge < -0.3 is 15.2 Å². The lowest BCUT2D eigenvalue weighted by molar-refractivity contribution is -0.112. The summed E-state index contributed by atoms with van der Waals surface area (Å²) in [6, 6.07) is 13.7. The summed E-state index contributed by atoms with van der Waals surface area (Å²) in [4.78, 5) is 12.2. The molecule has 2 aromatic rings. The summed E-state index contributed by atoms with van der Waals surface area (Å²) in [6.07, 6.45) is 1.48. The highest BCUT2D eigenvalue weighted by Crippen LogP contribution is 2.22. The molecule has 0 saturated carbocycles. The van der Waals surface area contributed by atoms with E-state index in [1.165, 1.54) is 12.1 Å². The molecule has 2 rings (SSSR count). The standard InChI is InChI=1S/C18H15IN2O3/c1-2-24-15-6-4-14(5-7-15)21-18(23)13(11-20)9-12-3-8-17(22)16(19)10-12/h3-10,22H,2H2,1H3,(H,21,23)/b13-9+. The zero-order valence-corrected chi connectivity index (χ0v) is 15.1. The molecule has 1 amide bonds. The number of anilines is 1. The number of benzene rings is 2. The van der Waals surface area contributed by atoms with Crippen LogP contribution in [0.5, 0.6) is 11.5 Å². The van der Waals surface area contributed by atoms with E-state index in [1.807, 2.05) is 35.6 Å². The van der Waals surface area contributed by atoms with Crippen LogP contribution in [0.4, 0.5) is 5.69 Å². The molecule has 24 heavy (non-hydrogen) atoms. The molecule has 0 heterocycles. The van der Waals surface area contributed by atoms with Gasteiger partial charge in [-0.25, -0.2) is 0 Å². The van der Waals surface area contributed by atoms with E-state index in [0.29, 0.717) is 27.2 Å². The molecule has 0 aliphatic heterocycles. The van der Waals surface area contributed by atoms with Crippen molar-refractivity contribution in [2.24, 2.45) is 0 Å². The molecular formula is C18H15IN2O3. The fourth-order valence-electron chi connectivity index (χ4n) is 1.93. The fourth-order valence-corrected chi connectivity index (χ4v) is 2.47. The van der Waals surface area contributed by atoms with Crippen molar-refractivity contribution in [1.29, 1.82) is 5.26 Å². The first kappa shape index (κ1) is 17.8. The molecule has 0 atom stereocenters. The lowest BCUT2D eigenvalue weighted by atomic mass is 10.1. The number of phenols is 1. The molecule has 2 aromatic carbocycles. The minimum atomic E-state index is -0.496. The number of nitriles is 1. The molecule has 0 bridgehead atoms. The van der Waals surface area contributed by atoms with Gasteiger partial charge in [-0.3, -0.25) is 4.79 Å². The predicted molar refractivity (Wildman–Crippen MR) is 101 cm³/mol. The Balaban J connectivity index is 2.15. The van der Waals surface area contributed by atoms with E-state index >= 15 is 0 Å². The van der Waals surface area contributed by atoms with Crippen LogP contribution in [0.25, 0.3) is 6.08 Å². The van der Waals surface area contributed by atoms with Gasteiger partial charge in [0.25, 0.3) is 5.91 Å². The zero-order chi connectivity index (χ0) is 17.5. The number of carbonyl (C=O) groups is 1. The fraction of sp³-hybridized carbons (Fsp3) is 0.111. The van der Waals surface area contributed by atoms with Crippen LogP contribution < -0.4 is 10.1 Å². The monoisotopic (exact) mass is 434 g/mol. The number of carbonyl (C=O) groups excluding carboxylic acids is 1. The van der Waals surface area contributed by atoms with Gasteiger partial charge >= 0.3 is 0 Å². The van der Waals surface area contributed by atoms with E-state index in [9.17, 15) is 15.2 Å². The average Bonchev–Trinajstić information content (AvgIpc) is 2.57. The van der Waals surface area contributed by atoms with Crippen LogP contribution in [0, 0.1) is 14.9 Å². The van der Waals surface area contributed by atoms with Crippen LogP contribution in [-0.2, 0) is 4.79 Å². The summed E-state index contributed by atoms with van der Waals surface area (Å²) in [5, 5.41) is 21.4. The van der Waals surface area contributed by atoms with Gasteiger partial charge in [-0.05, 0) is 77.6 Å². The maximum Gasteiger partial charge on any atom is 0.266 e. The second-order valence-corrected chi connectivity index (χ2v) is 5.95. The van der Waals surface area contributed by atoms with Gasteiger partial charge in [0.15, 0.2) is 0 Å². The van der Waals surface area contributed by atoms with E-state index in [2.05, 4.69) is 5.32 Å². The first-order valence-corrected chi connectivity index (χ1v) is 8.26. The maximum atomic E-state index is 12.2. The van der Waals surface area contributed by atoms with Crippen LogP contribution in [0.3, 0.4) is 0 Å². The minimum Gasteiger partial charge on any atom is -0.507 e. The number of ether oxygens (including phenoxy) is 1. The number of hydrogen-bond donors (Lipinski definition) is 2. The number of aromatic hydroxyl groups is 1. The Bertz CT molecular complexity index is 808. The third-order valence-corrected chi connectivity index (χ3v) is 3.94. The Morgan fingerprint density at radius 3 is 2.62 bits per heavy atom. The smallest absolute Gasteiger partial charge is 0.266 e. The molecule has 2 N–H and O–H groups in total. The van der Waals surface area contributed by atoms with Gasteiger partial charge in [0, 0.05) is 5.69 Å². The van der Waals surface area contributed by atoms with Crippen molar-refractivity contribution in [1.82, 2.24) is 0 Å². The molecule has 0 fully saturated rings. The predicted octanol–water partition coefficient (Wildman–Crippen LogP) is 3.94. The number of hydrogen-bond acceptors (Lipinski definition) is 4. The second kappa shape index (κ2) is 8.36.